The number of hydrogen-bond donors (Lipinski definition) is 0. The normalized spacial score (nSPS) is 14.8. The molecule has 0 aliphatic heterocycles. The zero-order valence-electron chi connectivity index (χ0n) is 10.5. The fraction of sp³-hybridized carbons (Fsp3) is 0.769. The van der Waals surface area contributed by atoms with E-state index in [0.717, 1.165) is 12.2 Å². The average molecular weight is 232 g/mol. The molecule has 0 saturated heterocycles. The third-order valence-corrected chi connectivity index (χ3v) is 3.28. The van der Waals surface area contributed by atoms with Gasteiger partial charge in [0.05, 0.1) is 18.2 Å². The summed E-state index contributed by atoms with van der Waals surface area (Å²) in [6.45, 7) is 3.18. The summed E-state index contributed by atoms with van der Waals surface area (Å²) in [6.07, 6.45) is 7.85. The lowest BCUT2D eigenvalue weighted by atomic mass is 10.1. The number of rotatable bonds is 7. The van der Waals surface area contributed by atoms with Crippen LogP contribution < -0.4 is 0 Å². The fourth-order valence-corrected chi connectivity index (χ4v) is 2.21. The first kappa shape index (κ1) is 12.1. The van der Waals surface area contributed by atoms with Gasteiger partial charge in [-0.2, -0.15) is 5.26 Å². The SMILES string of the molecule is CCCCCCn1nnc(CC#N)c1C1CC1. The Kier molecular flexibility index (Phi) is 4.13. The highest BCUT2D eigenvalue weighted by Crippen LogP contribution is 2.41. The summed E-state index contributed by atoms with van der Waals surface area (Å²) in [5.41, 5.74) is 2.15. The summed E-state index contributed by atoms with van der Waals surface area (Å²) < 4.78 is 2.04. The molecule has 1 heterocycles. The molecule has 0 aromatic carbocycles. The van der Waals surface area contributed by atoms with Crippen molar-refractivity contribution in [2.75, 3.05) is 0 Å². The molecule has 17 heavy (non-hydrogen) atoms. The predicted molar refractivity (Wildman–Crippen MR) is 65.5 cm³/mol. The van der Waals surface area contributed by atoms with Gasteiger partial charge in [-0.3, -0.25) is 0 Å². The van der Waals surface area contributed by atoms with Crippen molar-refractivity contribution in [3.63, 3.8) is 0 Å². The molecule has 0 unspecified atom stereocenters. The van der Waals surface area contributed by atoms with Crippen molar-refractivity contribution >= 4 is 0 Å². The van der Waals surface area contributed by atoms with Crippen molar-refractivity contribution in [1.82, 2.24) is 15.0 Å². The maximum atomic E-state index is 8.77. The van der Waals surface area contributed by atoms with E-state index in [0.29, 0.717) is 12.3 Å². The minimum atomic E-state index is 0.404. The number of hydrogen-bond acceptors (Lipinski definition) is 3. The first-order chi connectivity index (χ1) is 8.36. The van der Waals surface area contributed by atoms with E-state index in [1.165, 1.54) is 44.2 Å². The zero-order chi connectivity index (χ0) is 12.1. The minimum Gasteiger partial charge on any atom is -0.249 e. The number of aryl methyl sites for hydroxylation is 1. The van der Waals surface area contributed by atoms with Crippen LogP contribution in [0, 0.1) is 11.3 Å². The molecular weight excluding hydrogens is 212 g/mol. The molecule has 0 amide bonds. The summed E-state index contributed by atoms with van der Waals surface area (Å²) >= 11 is 0. The van der Waals surface area contributed by atoms with Crippen LogP contribution in [-0.2, 0) is 13.0 Å². The van der Waals surface area contributed by atoms with Crippen LogP contribution in [0.5, 0.6) is 0 Å². The molecule has 0 spiro atoms. The molecule has 1 aromatic heterocycles. The highest BCUT2D eigenvalue weighted by atomic mass is 15.4. The van der Waals surface area contributed by atoms with Gasteiger partial charge in [-0.1, -0.05) is 31.4 Å². The van der Waals surface area contributed by atoms with Crippen LogP contribution in [0.25, 0.3) is 0 Å². The number of unbranched alkanes of at least 4 members (excludes halogenated alkanes) is 3. The molecule has 0 bridgehead atoms. The summed E-state index contributed by atoms with van der Waals surface area (Å²) in [6, 6.07) is 2.18. The van der Waals surface area contributed by atoms with Crippen LogP contribution in [-0.4, -0.2) is 15.0 Å². The Morgan fingerprint density at radius 1 is 1.35 bits per heavy atom. The number of nitriles is 1. The zero-order valence-corrected chi connectivity index (χ0v) is 10.5. The average Bonchev–Trinajstić information content (AvgIpc) is 3.09. The Bertz CT molecular complexity index is 398. The summed E-state index contributed by atoms with van der Waals surface area (Å²) in [5.74, 6) is 0.625. The van der Waals surface area contributed by atoms with Crippen molar-refractivity contribution in [3.05, 3.63) is 11.4 Å². The molecule has 4 heteroatoms. The standard InChI is InChI=1S/C13H20N4/c1-2-3-4-5-10-17-13(11-6-7-11)12(8-9-14)15-16-17/h11H,2-8,10H2,1H3. The van der Waals surface area contributed by atoms with E-state index in [-0.39, 0.29) is 0 Å². The molecule has 92 valence electrons. The van der Waals surface area contributed by atoms with Crippen molar-refractivity contribution in [1.29, 1.82) is 5.26 Å². The highest BCUT2D eigenvalue weighted by molar-refractivity contribution is 5.22. The first-order valence-electron chi connectivity index (χ1n) is 6.66. The largest absolute Gasteiger partial charge is 0.249 e. The number of aromatic nitrogens is 3. The topological polar surface area (TPSA) is 54.5 Å². The second kappa shape index (κ2) is 5.81. The molecule has 4 nitrogen and oxygen atoms in total. The van der Waals surface area contributed by atoms with Crippen molar-refractivity contribution in [2.24, 2.45) is 0 Å². The molecular formula is C13H20N4. The molecule has 1 saturated carbocycles. The molecule has 0 N–H and O–H groups in total. The van der Waals surface area contributed by atoms with E-state index in [4.69, 9.17) is 5.26 Å². The first-order valence-corrected chi connectivity index (χ1v) is 6.66. The second-order valence-corrected chi connectivity index (χ2v) is 4.81. The van der Waals surface area contributed by atoms with Gasteiger partial charge in [0.15, 0.2) is 0 Å². The quantitative estimate of drug-likeness (QED) is 0.679. The third kappa shape index (κ3) is 3.06. The van der Waals surface area contributed by atoms with E-state index < -0.39 is 0 Å². The van der Waals surface area contributed by atoms with E-state index in [2.05, 4.69) is 23.3 Å². The Balaban J connectivity index is 1.98. The fourth-order valence-electron chi connectivity index (χ4n) is 2.21. The molecule has 1 fully saturated rings. The Morgan fingerprint density at radius 3 is 2.82 bits per heavy atom. The molecule has 1 aromatic rings. The minimum absolute atomic E-state index is 0.404. The van der Waals surface area contributed by atoms with Crippen molar-refractivity contribution < 1.29 is 0 Å². The molecule has 0 atom stereocenters. The predicted octanol–water partition coefficient (Wildman–Crippen LogP) is 2.80. The van der Waals surface area contributed by atoms with Gasteiger partial charge in [-0.05, 0) is 19.3 Å². The lowest BCUT2D eigenvalue weighted by Crippen LogP contribution is -2.05. The molecule has 1 aliphatic carbocycles. The van der Waals surface area contributed by atoms with Gasteiger partial charge in [-0.15, -0.1) is 5.10 Å². The monoisotopic (exact) mass is 232 g/mol. The van der Waals surface area contributed by atoms with Gasteiger partial charge in [-0.25, -0.2) is 4.68 Å². The van der Waals surface area contributed by atoms with Crippen LogP contribution in [0.2, 0.25) is 0 Å². The molecule has 1 aliphatic rings. The maximum absolute atomic E-state index is 8.77. The van der Waals surface area contributed by atoms with Gasteiger partial charge >= 0.3 is 0 Å². The lowest BCUT2D eigenvalue weighted by molar-refractivity contribution is 0.512. The molecule has 2 rings (SSSR count). The van der Waals surface area contributed by atoms with Crippen LogP contribution in [0.4, 0.5) is 0 Å². The van der Waals surface area contributed by atoms with Crippen molar-refractivity contribution in [3.8, 4) is 6.07 Å². The van der Waals surface area contributed by atoms with Gasteiger partial charge in [0.25, 0.3) is 0 Å². The van der Waals surface area contributed by atoms with Crippen LogP contribution in [0.15, 0.2) is 0 Å². The third-order valence-electron chi connectivity index (χ3n) is 3.28. The highest BCUT2D eigenvalue weighted by Gasteiger charge is 2.30. The Hall–Kier alpha value is -1.37. The number of nitrogens with zero attached hydrogens (tertiary/aromatic N) is 4. The smallest absolute Gasteiger partial charge is 0.100 e. The van der Waals surface area contributed by atoms with Gasteiger partial charge in [0, 0.05) is 12.5 Å². The summed E-state index contributed by atoms with van der Waals surface area (Å²) in [5, 5.41) is 17.1. The van der Waals surface area contributed by atoms with E-state index in [1.54, 1.807) is 0 Å². The Labute approximate surface area is 103 Å². The van der Waals surface area contributed by atoms with Crippen LogP contribution >= 0.6 is 0 Å². The molecule has 0 radical (unpaired) electrons. The van der Waals surface area contributed by atoms with E-state index in [9.17, 15) is 0 Å². The maximum Gasteiger partial charge on any atom is 0.100 e. The van der Waals surface area contributed by atoms with Gasteiger partial charge in [0.2, 0.25) is 0 Å². The summed E-state index contributed by atoms with van der Waals surface area (Å²) in [7, 11) is 0. The van der Waals surface area contributed by atoms with Crippen LogP contribution in [0.3, 0.4) is 0 Å². The van der Waals surface area contributed by atoms with Gasteiger partial charge < -0.3 is 0 Å². The Morgan fingerprint density at radius 2 is 2.18 bits per heavy atom. The van der Waals surface area contributed by atoms with Gasteiger partial charge in [0.1, 0.15) is 5.69 Å². The van der Waals surface area contributed by atoms with E-state index >= 15 is 0 Å². The van der Waals surface area contributed by atoms with Crippen molar-refractivity contribution in [2.45, 2.75) is 64.3 Å². The second-order valence-electron chi connectivity index (χ2n) is 4.81. The summed E-state index contributed by atoms with van der Waals surface area (Å²) in [4.78, 5) is 0. The lowest BCUT2D eigenvalue weighted by Gasteiger charge is -2.05. The van der Waals surface area contributed by atoms with Crippen LogP contribution in [0.1, 0.15) is 62.8 Å². The van der Waals surface area contributed by atoms with E-state index in [1.807, 2.05) is 4.68 Å².